The number of aliphatic hydroxyl groups is 1. The van der Waals surface area contributed by atoms with Gasteiger partial charge in [-0.05, 0) is 49.1 Å². The summed E-state index contributed by atoms with van der Waals surface area (Å²) in [5, 5.41) is 12.6. The fraction of sp³-hybridized carbons (Fsp3) is 0.318. The molecule has 2 amide bonds. The Morgan fingerprint density at radius 3 is 2.76 bits per heavy atom. The summed E-state index contributed by atoms with van der Waals surface area (Å²) >= 11 is 0. The van der Waals surface area contributed by atoms with E-state index in [1.165, 1.54) is 4.90 Å². The summed E-state index contributed by atoms with van der Waals surface area (Å²) in [6.45, 7) is 1.15. The number of amides is 2. The Hall–Kier alpha value is -3.19. The molecule has 150 valence electrons. The quantitative estimate of drug-likeness (QED) is 0.698. The minimum atomic E-state index is -0.996. The number of aromatic nitrogens is 2. The third kappa shape index (κ3) is 4.46. The van der Waals surface area contributed by atoms with E-state index in [1.54, 1.807) is 0 Å². The van der Waals surface area contributed by atoms with Crippen LogP contribution < -0.4 is 5.32 Å². The molecule has 0 aliphatic carbocycles. The van der Waals surface area contributed by atoms with E-state index in [2.05, 4.69) is 14.9 Å². The monoisotopic (exact) mass is 392 g/mol. The van der Waals surface area contributed by atoms with Crippen LogP contribution in [0.2, 0.25) is 0 Å². The van der Waals surface area contributed by atoms with Gasteiger partial charge in [-0.15, -0.1) is 0 Å². The lowest BCUT2D eigenvalue weighted by Crippen LogP contribution is -2.42. The number of nitrogens with zero attached hydrogens (tertiary/aromatic N) is 3. The molecule has 0 saturated carbocycles. The van der Waals surface area contributed by atoms with Crippen molar-refractivity contribution in [3.8, 4) is 0 Å². The lowest BCUT2D eigenvalue weighted by atomic mass is 10.2. The number of benzene rings is 2. The van der Waals surface area contributed by atoms with Crippen LogP contribution in [0.5, 0.6) is 0 Å². The van der Waals surface area contributed by atoms with Crippen molar-refractivity contribution < 1.29 is 14.7 Å². The molecular weight excluding hydrogens is 368 g/mol. The van der Waals surface area contributed by atoms with E-state index in [4.69, 9.17) is 0 Å². The van der Waals surface area contributed by atoms with Crippen LogP contribution in [-0.2, 0) is 16.1 Å². The molecule has 1 saturated heterocycles. The van der Waals surface area contributed by atoms with E-state index in [-0.39, 0.29) is 18.4 Å². The van der Waals surface area contributed by atoms with Crippen LogP contribution in [0.4, 0.5) is 5.69 Å². The molecule has 1 aliphatic heterocycles. The van der Waals surface area contributed by atoms with Crippen LogP contribution in [0.1, 0.15) is 24.8 Å². The number of rotatable bonds is 5. The predicted molar refractivity (Wildman–Crippen MR) is 110 cm³/mol. The molecule has 7 nitrogen and oxygen atoms in total. The van der Waals surface area contributed by atoms with E-state index in [0.29, 0.717) is 25.2 Å². The van der Waals surface area contributed by atoms with Crippen molar-refractivity contribution in [2.45, 2.75) is 31.9 Å². The van der Waals surface area contributed by atoms with E-state index in [9.17, 15) is 14.7 Å². The molecule has 1 atom stereocenters. The van der Waals surface area contributed by atoms with Crippen molar-refractivity contribution in [1.29, 1.82) is 0 Å². The third-order valence-electron chi connectivity index (χ3n) is 5.20. The molecular formula is C22H24N4O3. The highest BCUT2D eigenvalue weighted by Gasteiger charge is 2.26. The van der Waals surface area contributed by atoms with Gasteiger partial charge in [0.25, 0.3) is 5.91 Å². The van der Waals surface area contributed by atoms with Crippen LogP contribution in [-0.4, -0.2) is 50.6 Å². The van der Waals surface area contributed by atoms with Gasteiger partial charge >= 0.3 is 0 Å². The number of carbonyl (C=O) groups excluding carboxylic acids is 2. The molecule has 1 unspecified atom stereocenters. The zero-order valence-electron chi connectivity index (χ0n) is 16.1. The minimum Gasteiger partial charge on any atom is -0.383 e. The summed E-state index contributed by atoms with van der Waals surface area (Å²) in [5.41, 5.74) is 3.81. The summed E-state index contributed by atoms with van der Waals surface area (Å²) in [4.78, 5) is 30.3. The van der Waals surface area contributed by atoms with Crippen molar-refractivity contribution in [3.05, 3.63) is 60.4 Å². The summed E-state index contributed by atoms with van der Waals surface area (Å²) < 4.78 is 2.08. The Balaban J connectivity index is 1.36. The lowest BCUT2D eigenvalue weighted by molar-refractivity contribution is -0.141. The molecule has 0 bridgehead atoms. The Kier molecular flexibility index (Phi) is 5.57. The van der Waals surface area contributed by atoms with Gasteiger partial charge in [-0.2, -0.15) is 0 Å². The number of carbonyl (C=O) groups is 2. The minimum absolute atomic E-state index is 0.0430. The highest BCUT2D eigenvalue weighted by Crippen LogP contribution is 2.16. The number of nitrogens with one attached hydrogen (secondary N) is 1. The Morgan fingerprint density at radius 2 is 1.93 bits per heavy atom. The van der Waals surface area contributed by atoms with Gasteiger partial charge in [0, 0.05) is 18.8 Å². The van der Waals surface area contributed by atoms with Crippen LogP contribution >= 0.6 is 0 Å². The molecule has 2 heterocycles. The van der Waals surface area contributed by atoms with E-state index >= 15 is 0 Å². The van der Waals surface area contributed by atoms with Gasteiger partial charge in [0.2, 0.25) is 5.91 Å². The number of likely N-dealkylation sites (tertiary alicyclic amines) is 1. The number of para-hydroxylation sites is 2. The van der Waals surface area contributed by atoms with E-state index in [0.717, 1.165) is 29.4 Å². The number of imidazole rings is 1. The van der Waals surface area contributed by atoms with Crippen molar-refractivity contribution in [2.75, 3.05) is 18.4 Å². The zero-order valence-corrected chi connectivity index (χ0v) is 16.1. The second-order valence-electron chi connectivity index (χ2n) is 7.38. The van der Waals surface area contributed by atoms with Gasteiger partial charge in [0.05, 0.1) is 23.9 Å². The van der Waals surface area contributed by atoms with Crippen LogP contribution in [0.25, 0.3) is 11.0 Å². The number of aliphatic hydroxyl groups excluding tert-OH is 1. The highest BCUT2D eigenvalue weighted by molar-refractivity contribution is 5.95. The van der Waals surface area contributed by atoms with E-state index < -0.39 is 6.10 Å². The molecule has 0 radical (unpaired) electrons. The van der Waals surface area contributed by atoms with Crippen molar-refractivity contribution >= 4 is 28.5 Å². The molecule has 2 N–H and O–H groups in total. The van der Waals surface area contributed by atoms with Crippen molar-refractivity contribution in [1.82, 2.24) is 14.5 Å². The molecule has 4 rings (SSSR count). The van der Waals surface area contributed by atoms with Crippen LogP contribution in [0.3, 0.4) is 0 Å². The Bertz CT molecular complexity index is 1010. The van der Waals surface area contributed by atoms with E-state index in [1.807, 2.05) is 54.9 Å². The predicted octanol–water partition coefficient (Wildman–Crippen LogP) is 2.40. The summed E-state index contributed by atoms with van der Waals surface area (Å²) in [6.07, 6.45) is 2.88. The SMILES string of the molecule is O=C(CN1CCCCC(O)C1=O)Nc1ccc(Cn2cnc3ccccc32)cc1. The average molecular weight is 392 g/mol. The van der Waals surface area contributed by atoms with Crippen molar-refractivity contribution in [3.63, 3.8) is 0 Å². The summed E-state index contributed by atoms with van der Waals surface area (Å²) in [5.74, 6) is -0.624. The smallest absolute Gasteiger partial charge is 0.251 e. The van der Waals surface area contributed by atoms with Gasteiger partial charge in [0.15, 0.2) is 0 Å². The molecule has 1 fully saturated rings. The molecule has 2 aromatic carbocycles. The van der Waals surface area contributed by atoms with Gasteiger partial charge in [-0.25, -0.2) is 4.98 Å². The third-order valence-corrected chi connectivity index (χ3v) is 5.20. The maximum Gasteiger partial charge on any atom is 0.251 e. The van der Waals surface area contributed by atoms with Crippen LogP contribution in [0, 0.1) is 0 Å². The maximum atomic E-state index is 12.3. The number of anilines is 1. The Morgan fingerprint density at radius 1 is 1.14 bits per heavy atom. The lowest BCUT2D eigenvalue weighted by Gasteiger charge is -2.21. The molecule has 1 aromatic heterocycles. The largest absolute Gasteiger partial charge is 0.383 e. The summed E-state index contributed by atoms with van der Waals surface area (Å²) in [7, 11) is 0. The topological polar surface area (TPSA) is 87.5 Å². The molecule has 29 heavy (non-hydrogen) atoms. The second-order valence-corrected chi connectivity index (χ2v) is 7.38. The molecule has 1 aliphatic rings. The number of hydrogen-bond acceptors (Lipinski definition) is 4. The first kappa shape index (κ1) is 19.1. The Labute approximate surface area is 169 Å². The maximum absolute atomic E-state index is 12.3. The fourth-order valence-electron chi connectivity index (χ4n) is 3.64. The highest BCUT2D eigenvalue weighted by atomic mass is 16.3. The van der Waals surface area contributed by atoms with Crippen molar-refractivity contribution in [2.24, 2.45) is 0 Å². The first-order chi connectivity index (χ1) is 14.1. The van der Waals surface area contributed by atoms with Gasteiger partial charge in [-0.1, -0.05) is 24.3 Å². The normalized spacial score (nSPS) is 17.3. The van der Waals surface area contributed by atoms with Gasteiger partial charge in [0.1, 0.15) is 6.10 Å². The van der Waals surface area contributed by atoms with Crippen LogP contribution in [0.15, 0.2) is 54.9 Å². The molecule has 7 heteroatoms. The first-order valence-electron chi connectivity index (χ1n) is 9.86. The van der Waals surface area contributed by atoms with Gasteiger partial charge < -0.3 is 19.9 Å². The average Bonchev–Trinajstić information content (AvgIpc) is 3.06. The summed E-state index contributed by atoms with van der Waals surface area (Å²) in [6, 6.07) is 15.6. The van der Waals surface area contributed by atoms with Gasteiger partial charge in [-0.3, -0.25) is 9.59 Å². The molecule has 3 aromatic rings. The number of hydrogen-bond donors (Lipinski definition) is 2. The fourth-order valence-corrected chi connectivity index (χ4v) is 3.64. The zero-order chi connectivity index (χ0) is 20.2. The standard InChI is InChI=1S/C22H24N4O3/c27-20-7-3-4-12-25(22(20)29)14-21(28)24-17-10-8-16(9-11-17)13-26-15-23-18-5-1-2-6-19(18)26/h1-2,5-6,8-11,15,20,27H,3-4,7,12-14H2,(H,24,28). The first-order valence-corrected chi connectivity index (χ1v) is 9.86. The molecule has 0 spiro atoms. The number of fused-ring (bicyclic) bond motifs is 1. The second kappa shape index (κ2) is 8.45.